The van der Waals surface area contributed by atoms with Gasteiger partial charge in [-0.15, -0.1) is 11.6 Å². The average Bonchev–Trinajstić information content (AvgIpc) is 1.88. The third kappa shape index (κ3) is 1.95. The van der Waals surface area contributed by atoms with E-state index in [1.54, 1.807) is 6.33 Å². The first kappa shape index (κ1) is 7.48. The molecule has 54 valence electrons. The molecule has 1 rings (SSSR count). The van der Waals surface area contributed by atoms with Crippen molar-refractivity contribution in [3.8, 4) is 0 Å². The second-order valence-corrected chi connectivity index (χ2v) is 2.47. The van der Waals surface area contributed by atoms with E-state index in [9.17, 15) is 0 Å². The minimum absolute atomic E-state index is 0.621. The van der Waals surface area contributed by atoms with Gasteiger partial charge in [0.25, 0.3) is 0 Å². The van der Waals surface area contributed by atoms with Gasteiger partial charge in [-0.25, -0.2) is 9.97 Å². The zero-order chi connectivity index (χ0) is 7.40. The van der Waals surface area contributed by atoms with Gasteiger partial charge in [0, 0.05) is 23.7 Å². The number of nitrogens with zero attached hydrogens (tertiary/aromatic N) is 2. The molecule has 0 aliphatic carbocycles. The highest BCUT2D eigenvalue weighted by Crippen LogP contribution is 1.97. The SMILES string of the molecule is Cc1cc(CCCl)ncn1. The maximum absolute atomic E-state index is 5.53. The fourth-order valence-corrected chi connectivity index (χ4v) is 0.937. The van der Waals surface area contributed by atoms with E-state index in [1.807, 2.05) is 13.0 Å². The lowest BCUT2D eigenvalue weighted by Crippen LogP contribution is -1.93. The summed E-state index contributed by atoms with van der Waals surface area (Å²) in [5.41, 5.74) is 2.01. The average molecular weight is 157 g/mol. The van der Waals surface area contributed by atoms with Gasteiger partial charge in [-0.2, -0.15) is 0 Å². The molecule has 0 radical (unpaired) electrons. The van der Waals surface area contributed by atoms with Gasteiger partial charge < -0.3 is 0 Å². The quantitative estimate of drug-likeness (QED) is 0.608. The molecule has 0 fully saturated rings. The van der Waals surface area contributed by atoms with E-state index in [2.05, 4.69) is 9.97 Å². The van der Waals surface area contributed by atoms with Crippen molar-refractivity contribution >= 4 is 11.6 Å². The Morgan fingerprint density at radius 1 is 1.50 bits per heavy atom. The largest absolute Gasteiger partial charge is 0.242 e. The van der Waals surface area contributed by atoms with E-state index in [0.717, 1.165) is 17.8 Å². The first-order chi connectivity index (χ1) is 4.83. The van der Waals surface area contributed by atoms with Crippen LogP contribution in [0.15, 0.2) is 12.4 Å². The van der Waals surface area contributed by atoms with E-state index in [-0.39, 0.29) is 0 Å². The second-order valence-electron chi connectivity index (χ2n) is 2.09. The lowest BCUT2D eigenvalue weighted by molar-refractivity contribution is 0.979. The monoisotopic (exact) mass is 156 g/mol. The Morgan fingerprint density at radius 3 is 2.90 bits per heavy atom. The molecule has 2 nitrogen and oxygen atoms in total. The summed E-state index contributed by atoms with van der Waals surface area (Å²) in [4.78, 5) is 8.00. The van der Waals surface area contributed by atoms with Gasteiger partial charge in [0.05, 0.1) is 0 Å². The number of hydrogen-bond acceptors (Lipinski definition) is 2. The molecule has 10 heavy (non-hydrogen) atoms. The lowest BCUT2D eigenvalue weighted by atomic mass is 10.3. The summed E-state index contributed by atoms with van der Waals surface area (Å²) >= 11 is 5.53. The van der Waals surface area contributed by atoms with E-state index >= 15 is 0 Å². The van der Waals surface area contributed by atoms with Crippen molar-refractivity contribution in [2.45, 2.75) is 13.3 Å². The zero-order valence-electron chi connectivity index (χ0n) is 5.84. The highest BCUT2D eigenvalue weighted by Gasteiger charge is 1.92. The van der Waals surface area contributed by atoms with Crippen molar-refractivity contribution in [1.29, 1.82) is 0 Å². The van der Waals surface area contributed by atoms with Crippen LogP contribution in [0.3, 0.4) is 0 Å². The standard InChI is InChI=1S/C7H9ClN2/c1-6-4-7(2-3-8)10-5-9-6/h4-5H,2-3H2,1H3. The molecule has 1 aromatic rings. The molecule has 0 aliphatic rings. The summed E-state index contributed by atoms with van der Waals surface area (Å²) in [5, 5.41) is 0. The van der Waals surface area contributed by atoms with Crippen molar-refractivity contribution in [2.24, 2.45) is 0 Å². The molecule has 3 heteroatoms. The van der Waals surface area contributed by atoms with Crippen LogP contribution in [0.1, 0.15) is 11.4 Å². The smallest absolute Gasteiger partial charge is 0.115 e. The Labute approximate surface area is 65.3 Å². The normalized spacial score (nSPS) is 9.80. The molecule has 0 saturated heterocycles. The highest BCUT2D eigenvalue weighted by molar-refractivity contribution is 6.17. The van der Waals surface area contributed by atoms with E-state index in [4.69, 9.17) is 11.6 Å². The fourth-order valence-electron chi connectivity index (χ4n) is 0.743. The van der Waals surface area contributed by atoms with Crippen molar-refractivity contribution in [1.82, 2.24) is 9.97 Å². The Kier molecular flexibility index (Phi) is 2.63. The van der Waals surface area contributed by atoms with Gasteiger partial charge >= 0.3 is 0 Å². The highest BCUT2D eigenvalue weighted by atomic mass is 35.5. The van der Waals surface area contributed by atoms with Crippen LogP contribution in [-0.2, 0) is 6.42 Å². The number of aryl methyl sites for hydroxylation is 2. The van der Waals surface area contributed by atoms with Gasteiger partial charge in [0.1, 0.15) is 6.33 Å². The van der Waals surface area contributed by atoms with Crippen LogP contribution in [0.4, 0.5) is 0 Å². The molecule has 0 amide bonds. The van der Waals surface area contributed by atoms with Gasteiger partial charge in [-0.1, -0.05) is 0 Å². The van der Waals surface area contributed by atoms with E-state index in [1.165, 1.54) is 0 Å². The van der Waals surface area contributed by atoms with Gasteiger partial charge in [-0.05, 0) is 13.0 Å². The summed E-state index contributed by atoms with van der Waals surface area (Å²) in [7, 11) is 0. The number of aromatic nitrogens is 2. The minimum atomic E-state index is 0.621. The Morgan fingerprint density at radius 2 is 2.30 bits per heavy atom. The predicted octanol–water partition coefficient (Wildman–Crippen LogP) is 1.57. The third-order valence-electron chi connectivity index (χ3n) is 1.21. The number of halogens is 1. The molecular weight excluding hydrogens is 148 g/mol. The molecule has 0 spiro atoms. The predicted molar refractivity (Wildman–Crippen MR) is 41.2 cm³/mol. The summed E-state index contributed by atoms with van der Waals surface area (Å²) in [5.74, 6) is 0.621. The molecule has 0 saturated carbocycles. The Bertz CT molecular complexity index is 213. The van der Waals surface area contributed by atoms with Crippen LogP contribution >= 0.6 is 11.6 Å². The maximum atomic E-state index is 5.53. The number of hydrogen-bond donors (Lipinski definition) is 0. The molecule has 0 aromatic carbocycles. The molecular formula is C7H9ClN2. The molecule has 0 atom stereocenters. The van der Waals surface area contributed by atoms with Crippen molar-refractivity contribution in [3.63, 3.8) is 0 Å². The molecule has 0 bridgehead atoms. The summed E-state index contributed by atoms with van der Waals surface area (Å²) in [6.45, 7) is 1.94. The second kappa shape index (κ2) is 3.52. The summed E-state index contributed by atoms with van der Waals surface area (Å²) in [6, 6.07) is 1.95. The maximum Gasteiger partial charge on any atom is 0.115 e. The first-order valence-electron chi connectivity index (χ1n) is 3.16. The van der Waals surface area contributed by atoms with Crippen LogP contribution < -0.4 is 0 Å². The minimum Gasteiger partial charge on any atom is -0.242 e. The van der Waals surface area contributed by atoms with E-state index in [0.29, 0.717) is 5.88 Å². The van der Waals surface area contributed by atoms with E-state index < -0.39 is 0 Å². The fraction of sp³-hybridized carbons (Fsp3) is 0.429. The third-order valence-corrected chi connectivity index (χ3v) is 1.40. The first-order valence-corrected chi connectivity index (χ1v) is 3.70. The van der Waals surface area contributed by atoms with Crippen molar-refractivity contribution in [3.05, 3.63) is 23.8 Å². The molecule has 0 aliphatic heterocycles. The molecule has 0 unspecified atom stereocenters. The topological polar surface area (TPSA) is 25.8 Å². The van der Waals surface area contributed by atoms with Crippen LogP contribution in [0.5, 0.6) is 0 Å². The number of alkyl halides is 1. The van der Waals surface area contributed by atoms with Crippen molar-refractivity contribution in [2.75, 3.05) is 5.88 Å². The molecule has 1 heterocycles. The van der Waals surface area contributed by atoms with Gasteiger partial charge in [0.15, 0.2) is 0 Å². The Balaban J connectivity index is 2.75. The van der Waals surface area contributed by atoms with Crippen LogP contribution in [0.25, 0.3) is 0 Å². The van der Waals surface area contributed by atoms with Crippen molar-refractivity contribution < 1.29 is 0 Å². The van der Waals surface area contributed by atoms with Crippen LogP contribution in [-0.4, -0.2) is 15.8 Å². The molecule has 1 aromatic heterocycles. The summed E-state index contributed by atoms with van der Waals surface area (Å²) < 4.78 is 0. The summed E-state index contributed by atoms with van der Waals surface area (Å²) in [6.07, 6.45) is 2.39. The lowest BCUT2D eigenvalue weighted by Gasteiger charge is -1.95. The molecule has 0 N–H and O–H groups in total. The van der Waals surface area contributed by atoms with Gasteiger partial charge in [0.2, 0.25) is 0 Å². The van der Waals surface area contributed by atoms with Gasteiger partial charge in [-0.3, -0.25) is 0 Å². The number of rotatable bonds is 2. The van der Waals surface area contributed by atoms with Crippen LogP contribution in [0.2, 0.25) is 0 Å². The zero-order valence-corrected chi connectivity index (χ0v) is 6.60. The van der Waals surface area contributed by atoms with Crippen LogP contribution in [0, 0.1) is 6.92 Å². The Hall–Kier alpha value is -0.630.